The maximum absolute atomic E-state index is 12.6. The van der Waals surface area contributed by atoms with Crippen LogP contribution in [0.3, 0.4) is 0 Å². The summed E-state index contributed by atoms with van der Waals surface area (Å²) in [5.74, 6) is -0.202. The number of pyridine rings is 1. The van der Waals surface area contributed by atoms with E-state index in [0.717, 1.165) is 27.3 Å². The van der Waals surface area contributed by atoms with E-state index in [4.69, 9.17) is 22.1 Å². The standard InChI is InChI=1S/C25H21ClN4O3S/c1-14-5-8-17(13-20(14)26)22-15(2)34-25(30-22)29-21(31)12-16-6-9-18(10-7-16)33-24-19(23(27)32)4-3-11-28-24/h3-11,13H,12H2,1-2H3,(H2,27,32)(H,29,30,31). The second-order valence-corrected chi connectivity index (χ2v) is 9.19. The van der Waals surface area contributed by atoms with Crippen molar-refractivity contribution in [2.45, 2.75) is 20.3 Å². The molecule has 34 heavy (non-hydrogen) atoms. The Bertz CT molecular complexity index is 1370. The molecule has 0 saturated heterocycles. The van der Waals surface area contributed by atoms with Crippen LogP contribution in [0.25, 0.3) is 11.3 Å². The van der Waals surface area contributed by atoms with E-state index in [0.29, 0.717) is 15.9 Å². The molecule has 0 spiro atoms. The number of carbonyl (C=O) groups is 2. The van der Waals surface area contributed by atoms with Crippen molar-refractivity contribution in [3.63, 3.8) is 0 Å². The van der Waals surface area contributed by atoms with Gasteiger partial charge in [-0.15, -0.1) is 11.3 Å². The van der Waals surface area contributed by atoms with E-state index in [1.54, 1.807) is 36.4 Å². The number of primary amides is 1. The number of nitrogens with one attached hydrogen (secondary N) is 1. The molecule has 4 rings (SSSR count). The minimum absolute atomic E-state index is 0.130. The first-order valence-corrected chi connectivity index (χ1v) is 11.5. The highest BCUT2D eigenvalue weighted by Gasteiger charge is 2.14. The van der Waals surface area contributed by atoms with Gasteiger partial charge in [-0.05, 0) is 55.3 Å². The molecule has 2 amide bonds. The number of hydrogen-bond acceptors (Lipinski definition) is 6. The zero-order valence-electron chi connectivity index (χ0n) is 18.5. The van der Waals surface area contributed by atoms with Crippen molar-refractivity contribution in [3.05, 3.63) is 87.4 Å². The summed E-state index contributed by atoms with van der Waals surface area (Å²) in [7, 11) is 0. The van der Waals surface area contributed by atoms with Gasteiger partial charge in [0.1, 0.15) is 11.3 Å². The van der Waals surface area contributed by atoms with Crippen molar-refractivity contribution in [1.82, 2.24) is 9.97 Å². The van der Waals surface area contributed by atoms with Crippen molar-refractivity contribution < 1.29 is 14.3 Å². The van der Waals surface area contributed by atoms with Crippen LogP contribution in [-0.2, 0) is 11.2 Å². The van der Waals surface area contributed by atoms with Crippen molar-refractivity contribution in [1.29, 1.82) is 0 Å². The summed E-state index contributed by atoms with van der Waals surface area (Å²) in [6.07, 6.45) is 1.68. The number of halogens is 1. The SMILES string of the molecule is Cc1ccc(-c2nc(NC(=O)Cc3ccc(Oc4ncccc4C(N)=O)cc3)sc2C)cc1Cl. The van der Waals surface area contributed by atoms with Gasteiger partial charge in [0.2, 0.25) is 11.8 Å². The third-order valence-corrected chi connectivity index (χ3v) is 6.32. The van der Waals surface area contributed by atoms with Gasteiger partial charge in [0.15, 0.2) is 5.13 Å². The Labute approximate surface area is 205 Å². The second kappa shape index (κ2) is 10.0. The zero-order chi connectivity index (χ0) is 24.2. The van der Waals surface area contributed by atoms with Gasteiger partial charge in [0, 0.05) is 21.7 Å². The van der Waals surface area contributed by atoms with Gasteiger partial charge in [-0.3, -0.25) is 9.59 Å². The van der Waals surface area contributed by atoms with Gasteiger partial charge in [-0.1, -0.05) is 35.9 Å². The monoisotopic (exact) mass is 492 g/mol. The Balaban J connectivity index is 1.40. The van der Waals surface area contributed by atoms with Crippen LogP contribution in [-0.4, -0.2) is 21.8 Å². The van der Waals surface area contributed by atoms with Crippen molar-refractivity contribution in [2.75, 3.05) is 5.32 Å². The second-order valence-electron chi connectivity index (χ2n) is 7.58. The lowest BCUT2D eigenvalue weighted by Crippen LogP contribution is -2.14. The van der Waals surface area contributed by atoms with Crippen LogP contribution in [0.1, 0.15) is 26.4 Å². The molecule has 2 aromatic heterocycles. The van der Waals surface area contributed by atoms with E-state index < -0.39 is 5.91 Å². The lowest BCUT2D eigenvalue weighted by atomic mass is 10.1. The van der Waals surface area contributed by atoms with Gasteiger partial charge in [0.25, 0.3) is 5.91 Å². The highest BCUT2D eigenvalue weighted by molar-refractivity contribution is 7.16. The van der Waals surface area contributed by atoms with Crippen LogP contribution in [0.4, 0.5) is 5.13 Å². The average Bonchev–Trinajstić information content (AvgIpc) is 3.17. The summed E-state index contributed by atoms with van der Waals surface area (Å²) in [6.45, 7) is 3.90. The summed E-state index contributed by atoms with van der Waals surface area (Å²) < 4.78 is 5.67. The smallest absolute Gasteiger partial charge is 0.254 e. The van der Waals surface area contributed by atoms with E-state index in [9.17, 15) is 9.59 Å². The lowest BCUT2D eigenvalue weighted by molar-refractivity contribution is -0.115. The first-order valence-electron chi connectivity index (χ1n) is 10.4. The Kier molecular flexibility index (Phi) is 6.90. The predicted octanol–water partition coefficient (Wildman–Crippen LogP) is 5.55. The Hall–Kier alpha value is -3.75. The molecule has 0 unspecified atom stereocenters. The molecular weight excluding hydrogens is 472 g/mol. The molecule has 2 aromatic carbocycles. The van der Waals surface area contributed by atoms with E-state index >= 15 is 0 Å². The topological polar surface area (TPSA) is 107 Å². The van der Waals surface area contributed by atoms with E-state index in [1.165, 1.54) is 17.5 Å². The van der Waals surface area contributed by atoms with E-state index in [2.05, 4.69) is 15.3 Å². The third kappa shape index (κ3) is 5.41. The molecule has 0 aliphatic heterocycles. The molecule has 3 N–H and O–H groups in total. The number of aryl methyl sites for hydroxylation is 2. The summed E-state index contributed by atoms with van der Waals surface area (Å²) in [4.78, 5) is 33.7. The van der Waals surface area contributed by atoms with Crippen LogP contribution < -0.4 is 15.8 Å². The van der Waals surface area contributed by atoms with Gasteiger partial charge < -0.3 is 15.8 Å². The summed E-state index contributed by atoms with van der Waals surface area (Å²) in [6, 6.07) is 15.9. The largest absolute Gasteiger partial charge is 0.438 e. The number of nitrogens with two attached hydrogens (primary N) is 1. The number of thiazole rings is 1. The van der Waals surface area contributed by atoms with Crippen molar-refractivity contribution in [2.24, 2.45) is 5.73 Å². The fourth-order valence-corrected chi connectivity index (χ4v) is 4.29. The summed E-state index contributed by atoms with van der Waals surface area (Å²) in [5.41, 5.74) is 9.04. The molecule has 0 bridgehead atoms. The maximum atomic E-state index is 12.6. The van der Waals surface area contributed by atoms with Crippen LogP contribution in [0, 0.1) is 13.8 Å². The van der Waals surface area contributed by atoms with Gasteiger partial charge >= 0.3 is 0 Å². The van der Waals surface area contributed by atoms with Gasteiger partial charge in [-0.25, -0.2) is 9.97 Å². The molecule has 0 radical (unpaired) electrons. The molecule has 4 aromatic rings. The van der Waals surface area contributed by atoms with Gasteiger partial charge in [0.05, 0.1) is 12.1 Å². The number of benzene rings is 2. The fraction of sp³-hybridized carbons (Fsp3) is 0.120. The quantitative estimate of drug-likeness (QED) is 0.352. The Morgan fingerprint density at radius 1 is 1.12 bits per heavy atom. The van der Waals surface area contributed by atoms with Crippen molar-refractivity contribution >= 4 is 39.9 Å². The minimum Gasteiger partial charge on any atom is -0.438 e. The molecule has 7 nitrogen and oxygen atoms in total. The number of ether oxygens (including phenoxy) is 1. The highest BCUT2D eigenvalue weighted by Crippen LogP contribution is 2.32. The normalized spacial score (nSPS) is 10.7. The van der Waals surface area contributed by atoms with E-state index in [1.807, 2.05) is 32.0 Å². The molecule has 0 fully saturated rings. The van der Waals surface area contributed by atoms with Crippen molar-refractivity contribution in [3.8, 4) is 22.9 Å². The zero-order valence-corrected chi connectivity index (χ0v) is 20.0. The van der Waals surface area contributed by atoms with E-state index in [-0.39, 0.29) is 23.8 Å². The third-order valence-electron chi connectivity index (χ3n) is 5.03. The molecule has 0 saturated carbocycles. The number of aromatic nitrogens is 2. The molecule has 0 aliphatic carbocycles. The van der Waals surface area contributed by atoms with Crippen LogP contribution in [0.15, 0.2) is 60.8 Å². The number of amides is 2. The number of hydrogen-bond donors (Lipinski definition) is 2. The number of rotatable bonds is 7. The predicted molar refractivity (Wildman–Crippen MR) is 134 cm³/mol. The number of anilines is 1. The van der Waals surface area contributed by atoms with Crippen LogP contribution in [0.5, 0.6) is 11.6 Å². The summed E-state index contributed by atoms with van der Waals surface area (Å²) >= 11 is 7.66. The first-order chi connectivity index (χ1) is 16.3. The lowest BCUT2D eigenvalue weighted by Gasteiger charge is -2.08. The first kappa shape index (κ1) is 23.4. The maximum Gasteiger partial charge on any atom is 0.254 e. The Morgan fingerprint density at radius 2 is 1.88 bits per heavy atom. The molecule has 2 heterocycles. The number of carbonyl (C=O) groups excluding carboxylic acids is 2. The average molecular weight is 493 g/mol. The summed E-state index contributed by atoms with van der Waals surface area (Å²) in [5, 5.41) is 4.07. The highest BCUT2D eigenvalue weighted by atomic mass is 35.5. The molecule has 172 valence electrons. The molecule has 0 atom stereocenters. The minimum atomic E-state index is -0.623. The molecule has 9 heteroatoms. The fourth-order valence-electron chi connectivity index (χ4n) is 3.25. The van der Waals surface area contributed by atoms with Gasteiger partial charge in [-0.2, -0.15) is 0 Å². The molecular formula is C25H21ClN4O3S. The number of nitrogens with zero attached hydrogens (tertiary/aromatic N) is 2. The van der Waals surface area contributed by atoms with Crippen LogP contribution in [0.2, 0.25) is 5.02 Å². The van der Waals surface area contributed by atoms with Crippen LogP contribution >= 0.6 is 22.9 Å². The Morgan fingerprint density at radius 3 is 2.59 bits per heavy atom. The molecule has 0 aliphatic rings.